The Bertz CT molecular complexity index is 154. The molecule has 0 aromatic heterocycles. The number of hydrogen-bond donors (Lipinski definition) is 1. The molecule has 0 amide bonds. The second-order valence-corrected chi connectivity index (χ2v) is 7.04. The van der Waals surface area contributed by atoms with Crippen molar-refractivity contribution in [2.45, 2.75) is 58.4 Å². The minimum absolute atomic E-state index is 0.339. The van der Waals surface area contributed by atoms with E-state index in [9.17, 15) is 0 Å². The van der Waals surface area contributed by atoms with Crippen LogP contribution in [0.3, 0.4) is 0 Å². The molecule has 0 aliphatic carbocycles. The Kier molecular flexibility index (Phi) is 7.66. The van der Waals surface area contributed by atoms with Gasteiger partial charge in [-0.25, -0.2) is 0 Å². The van der Waals surface area contributed by atoms with E-state index in [0.717, 1.165) is 18.9 Å². The third kappa shape index (κ3) is 12.2. The highest BCUT2D eigenvalue weighted by atomic mass is 32.2. The molecular weight excluding hydrogens is 206 g/mol. The lowest BCUT2D eigenvalue weighted by molar-refractivity contribution is 0.0799. The molecule has 0 aromatic carbocycles. The van der Waals surface area contributed by atoms with Gasteiger partial charge in [0.1, 0.15) is 0 Å². The lowest BCUT2D eigenvalue weighted by atomic mass is 10.3. The van der Waals surface area contributed by atoms with Crippen LogP contribution in [-0.4, -0.2) is 35.8 Å². The van der Waals surface area contributed by atoms with Crippen LogP contribution in [0.2, 0.25) is 0 Å². The zero-order chi connectivity index (χ0) is 11.9. The highest BCUT2D eigenvalue weighted by Crippen LogP contribution is 2.23. The van der Waals surface area contributed by atoms with Crippen molar-refractivity contribution in [2.24, 2.45) is 0 Å². The fourth-order valence-electron chi connectivity index (χ4n) is 1.03. The molecule has 0 saturated heterocycles. The van der Waals surface area contributed by atoms with Crippen molar-refractivity contribution in [3.63, 3.8) is 0 Å². The van der Waals surface area contributed by atoms with Crippen molar-refractivity contribution in [2.75, 3.05) is 18.9 Å². The van der Waals surface area contributed by atoms with Crippen LogP contribution in [0.5, 0.6) is 0 Å². The normalized spacial score (nSPS) is 14.6. The van der Waals surface area contributed by atoms with Gasteiger partial charge in [0.05, 0.1) is 12.7 Å². The number of nitrogens with one attached hydrogen (secondary N) is 1. The van der Waals surface area contributed by atoms with E-state index in [-0.39, 0.29) is 0 Å². The minimum Gasteiger partial charge on any atom is -0.377 e. The van der Waals surface area contributed by atoms with Gasteiger partial charge >= 0.3 is 0 Å². The van der Waals surface area contributed by atoms with Crippen LogP contribution in [-0.2, 0) is 4.74 Å². The van der Waals surface area contributed by atoms with Crippen LogP contribution < -0.4 is 5.32 Å². The average molecular weight is 233 g/mol. The van der Waals surface area contributed by atoms with Crippen molar-refractivity contribution in [1.29, 1.82) is 0 Å². The van der Waals surface area contributed by atoms with Gasteiger partial charge < -0.3 is 10.1 Å². The number of thioether (sulfide) groups is 1. The van der Waals surface area contributed by atoms with Gasteiger partial charge in [0.15, 0.2) is 0 Å². The van der Waals surface area contributed by atoms with Gasteiger partial charge in [-0.15, -0.1) is 0 Å². The van der Waals surface area contributed by atoms with Gasteiger partial charge in [0, 0.05) is 23.1 Å². The van der Waals surface area contributed by atoms with Crippen LogP contribution in [0.1, 0.15) is 41.5 Å². The van der Waals surface area contributed by atoms with Crippen molar-refractivity contribution in [3.05, 3.63) is 0 Å². The quantitative estimate of drug-likeness (QED) is 0.683. The monoisotopic (exact) mass is 233 g/mol. The molecule has 0 fully saturated rings. The zero-order valence-electron chi connectivity index (χ0n) is 11.1. The second-order valence-electron chi connectivity index (χ2n) is 5.20. The molecule has 0 aromatic rings. The topological polar surface area (TPSA) is 21.3 Å². The Labute approximate surface area is 99.5 Å². The van der Waals surface area contributed by atoms with Gasteiger partial charge in [-0.05, 0) is 20.8 Å². The SMILES string of the molecule is CC(CSC(C)(C)C)NCCOC(C)C. The van der Waals surface area contributed by atoms with Crippen LogP contribution in [0, 0.1) is 0 Å². The fourth-order valence-corrected chi connectivity index (χ4v) is 1.90. The summed E-state index contributed by atoms with van der Waals surface area (Å²) in [5, 5.41) is 3.46. The molecule has 0 rings (SSSR count). The Morgan fingerprint density at radius 1 is 1.20 bits per heavy atom. The maximum atomic E-state index is 5.47. The van der Waals surface area contributed by atoms with Crippen LogP contribution in [0.25, 0.3) is 0 Å². The Hall–Kier alpha value is 0.270. The fraction of sp³-hybridized carbons (Fsp3) is 1.00. The maximum Gasteiger partial charge on any atom is 0.0594 e. The van der Waals surface area contributed by atoms with E-state index in [2.05, 4.69) is 46.9 Å². The Morgan fingerprint density at radius 3 is 2.27 bits per heavy atom. The average Bonchev–Trinajstić information content (AvgIpc) is 2.07. The summed E-state index contributed by atoms with van der Waals surface area (Å²) in [6.45, 7) is 14.9. The van der Waals surface area contributed by atoms with Crippen LogP contribution in [0.15, 0.2) is 0 Å². The molecular formula is C12H27NOS. The van der Waals surface area contributed by atoms with E-state index in [1.807, 2.05) is 11.8 Å². The molecule has 0 spiro atoms. The Morgan fingerprint density at radius 2 is 1.80 bits per heavy atom. The summed E-state index contributed by atoms with van der Waals surface area (Å²) in [6, 6.07) is 0.560. The first-order valence-corrected chi connectivity index (χ1v) is 6.79. The lowest BCUT2D eigenvalue weighted by Crippen LogP contribution is -2.33. The first-order valence-electron chi connectivity index (χ1n) is 5.80. The van der Waals surface area contributed by atoms with Crippen LogP contribution >= 0.6 is 11.8 Å². The molecule has 0 radical (unpaired) electrons. The van der Waals surface area contributed by atoms with E-state index in [1.165, 1.54) is 0 Å². The molecule has 1 N–H and O–H groups in total. The van der Waals surface area contributed by atoms with Gasteiger partial charge in [0.2, 0.25) is 0 Å². The van der Waals surface area contributed by atoms with Gasteiger partial charge in [-0.2, -0.15) is 11.8 Å². The third-order valence-electron chi connectivity index (χ3n) is 1.81. The van der Waals surface area contributed by atoms with Crippen molar-refractivity contribution in [1.82, 2.24) is 5.32 Å². The first kappa shape index (κ1) is 15.3. The highest BCUT2D eigenvalue weighted by molar-refractivity contribution is 8.00. The molecule has 0 heterocycles. The van der Waals surface area contributed by atoms with E-state index in [0.29, 0.717) is 16.9 Å². The molecule has 0 aliphatic heterocycles. The summed E-state index contributed by atoms with van der Waals surface area (Å²) >= 11 is 2.00. The van der Waals surface area contributed by atoms with Gasteiger partial charge in [0.25, 0.3) is 0 Å². The first-order chi connectivity index (χ1) is 6.81. The van der Waals surface area contributed by atoms with Crippen molar-refractivity contribution in [3.8, 4) is 0 Å². The molecule has 92 valence electrons. The predicted molar refractivity (Wildman–Crippen MR) is 70.8 cm³/mol. The molecule has 15 heavy (non-hydrogen) atoms. The molecule has 1 unspecified atom stereocenters. The van der Waals surface area contributed by atoms with E-state index >= 15 is 0 Å². The lowest BCUT2D eigenvalue weighted by Gasteiger charge is -2.21. The van der Waals surface area contributed by atoms with E-state index < -0.39 is 0 Å². The smallest absolute Gasteiger partial charge is 0.0594 e. The van der Waals surface area contributed by atoms with E-state index in [4.69, 9.17) is 4.74 Å². The summed E-state index contributed by atoms with van der Waals surface area (Å²) in [5.74, 6) is 1.16. The highest BCUT2D eigenvalue weighted by Gasteiger charge is 2.12. The van der Waals surface area contributed by atoms with E-state index in [1.54, 1.807) is 0 Å². The summed E-state index contributed by atoms with van der Waals surface area (Å²) in [6.07, 6.45) is 0.339. The molecule has 3 heteroatoms. The van der Waals surface area contributed by atoms with Crippen LogP contribution in [0.4, 0.5) is 0 Å². The van der Waals surface area contributed by atoms with Crippen molar-refractivity contribution >= 4 is 11.8 Å². The summed E-state index contributed by atoms with van der Waals surface area (Å²) in [7, 11) is 0. The number of ether oxygens (including phenoxy) is 1. The molecule has 0 bridgehead atoms. The number of rotatable bonds is 7. The third-order valence-corrected chi connectivity index (χ3v) is 3.35. The maximum absolute atomic E-state index is 5.47. The van der Waals surface area contributed by atoms with Crippen molar-refractivity contribution < 1.29 is 4.74 Å². The molecule has 1 atom stereocenters. The number of hydrogen-bond acceptors (Lipinski definition) is 3. The molecule has 0 saturated carbocycles. The molecule has 0 aliphatic rings. The van der Waals surface area contributed by atoms with Gasteiger partial charge in [-0.3, -0.25) is 0 Å². The predicted octanol–water partition coefficient (Wildman–Crippen LogP) is 2.92. The van der Waals surface area contributed by atoms with Gasteiger partial charge in [-0.1, -0.05) is 20.8 Å². The Balaban J connectivity index is 3.38. The summed E-state index contributed by atoms with van der Waals surface area (Å²) < 4.78 is 5.83. The summed E-state index contributed by atoms with van der Waals surface area (Å²) in [5.41, 5.74) is 0. The largest absolute Gasteiger partial charge is 0.377 e. The zero-order valence-corrected chi connectivity index (χ0v) is 11.9. The second kappa shape index (κ2) is 7.53. The molecule has 2 nitrogen and oxygen atoms in total. The summed E-state index contributed by atoms with van der Waals surface area (Å²) in [4.78, 5) is 0. The standard InChI is InChI=1S/C12H27NOS/c1-10(2)14-8-7-13-11(3)9-15-12(4,5)6/h10-11,13H,7-9H2,1-6H3. The minimum atomic E-state index is 0.339.